The summed E-state index contributed by atoms with van der Waals surface area (Å²) in [5.74, 6) is -1.05. The first-order valence-corrected chi connectivity index (χ1v) is 6.24. The largest absolute Gasteiger partial charge is 0.544 e. The van der Waals surface area contributed by atoms with Crippen molar-refractivity contribution in [1.82, 2.24) is 4.90 Å². The molecule has 1 saturated heterocycles. The van der Waals surface area contributed by atoms with Crippen molar-refractivity contribution >= 4 is 12.1 Å². The molecule has 1 amide bonds. The Morgan fingerprint density at radius 2 is 1.78 bits per heavy atom. The Balaban J connectivity index is 2.44. The lowest BCUT2D eigenvalue weighted by molar-refractivity contribution is -0.920. The molecule has 0 unspecified atom stereocenters. The van der Waals surface area contributed by atoms with Crippen LogP contribution in [0.4, 0.5) is 4.79 Å². The van der Waals surface area contributed by atoms with Crippen LogP contribution in [0.2, 0.25) is 0 Å². The number of aliphatic carboxylic acids is 1. The van der Waals surface area contributed by atoms with Gasteiger partial charge in [-0.25, -0.2) is 4.79 Å². The standard InChI is InChI=1S/C12H22N2O4/c1-9(10(15)16)13-5-7-14(8-6-13)11(17)18-12(2,3)4/h9H,5-8H2,1-4H3,(H,15,16)/t9-/m1/s1. The van der Waals surface area contributed by atoms with E-state index in [2.05, 4.69) is 0 Å². The third kappa shape index (κ3) is 4.18. The molecule has 0 aliphatic carbocycles. The first-order valence-electron chi connectivity index (χ1n) is 6.24. The smallest absolute Gasteiger partial charge is 0.410 e. The minimum absolute atomic E-state index is 0.331. The number of carbonyl (C=O) groups is 2. The van der Waals surface area contributed by atoms with Gasteiger partial charge in [0.25, 0.3) is 0 Å². The molecule has 0 saturated carbocycles. The molecule has 0 spiro atoms. The highest BCUT2D eigenvalue weighted by Crippen LogP contribution is 2.09. The van der Waals surface area contributed by atoms with Gasteiger partial charge in [0.2, 0.25) is 0 Å². The number of carbonyl (C=O) groups excluding carboxylic acids is 2. The van der Waals surface area contributed by atoms with E-state index in [1.165, 1.54) is 0 Å². The van der Waals surface area contributed by atoms with Gasteiger partial charge in [0.05, 0.1) is 32.1 Å². The number of nitrogens with zero attached hydrogens (tertiary/aromatic N) is 1. The Labute approximate surface area is 107 Å². The lowest BCUT2D eigenvalue weighted by Gasteiger charge is -2.36. The lowest BCUT2D eigenvalue weighted by atomic mass is 10.2. The predicted octanol–water partition coefficient (Wildman–Crippen LogP) is -1.74. The summed E-state index contributed by atoms with van der Waals surface area (Å²) in [6, 6.07) is -0.536. The molecule has 104 valence electrons. The van der Waals surface area contributed by atoms with Crippen molar-refractivity contribution in [2.45, 2.75) is 39.3 Å². The van der Waals surface area contributed by atoms with Crippen LogP contribution in [0.3, 0.4) is 0 Å². The number of rotatable bonds is 2. The van der Waals surface area contributed by atoms with Gasteiger partial charge < -0.3 is 19.5 Å². The quantitative estimate of drug-likeness (QED) is 0.638. The zero-order chi connectivity index (χ0) is 13.9. The summed E-state index contributed by atoms with van der Waals surface area (Å²) in [4.78, 5) is 25.1. The number of hydrogen-bond donors (Lipinski definition) is 1. The van der Waals surface area contributed by atoms with Gasteiger partial charge in [-0.1, -0.05) is 0 Å². The van der Waals surface area contributed by atoms with Crippen molar-refractivity contribution in [2.24, 2.45) is 0 Å². The van der Waals surface area contributed by atoms with E-state index >= 15 is 0 Å². The van der Waals surface area contributed by atoms with Crippen LogP contribution >= 0.6 is 0 Å². The number of carboxylic acids is 1. The van der Waals surface area contributed by atoms with Crippen molar-refractivity contribution in [1.29, 1.82) is 0 Å². The van der Waals surface area contributed by atoms with Crippen molar-refractivity contribution in [2.75, 3.05) is 26.2 Å². The summed E-state index contributed by atoms with van der Waals surface area (Å²) >= 11 is 0. The molecule has 6 heteroatoms. The molecular formula is C12H22N2O4. The number of quaternary nitrogens is 1. The highest BCUT2D eigenvalue weighted by molar-refractivity contribution is 5.69. The fraction of sp³-hybridized carbons (Fsp3) is 0.833. The maximum absolute atomic E-state index is 11.8. The van der Waals surface area contributed by atoms with Crippen molar-refractivity contribution in [3.8, 4) is 0 Å². The molecule has 0 aromatic heterocycles. The maximum Gasteiger partial charge on any atom is 0.410 e. The number of nitrogens with one attached hydrogen (secondary N) is 1. The molecule has 0 bridgehead atoms. The third-order valence-corrected chi connectivity index (χ3v) is 3.02. The second-order valence-corrected chi connectivity index (χ2v) is 5.67. The Hall–Kier alpha value is -1.30. The molecule has 1 fully saturated rings. The number of ether oxygens (including phenoxy) is 1. The number of amides is 1. The number of carboxylic acid groups (broad SMARTS) is 1. The average Bonchev–Trinajstić information content (AvgIpc) is 2.26. The van der Waals surface area contributed by atoms with Crippen LogP contribution in [0, 0.1) is 0 Å². The number of hydrogen-bond acceptors (Lipinski definition) is 4. The summed E-state index contributed by atoms with van der Waals surface area (Å²) in [7, 11) is 0. The topological polar surface area (TPSA) is 74.1 Å². The molecular weight excluding hydrogens is 236 g/mol. The van der Waals surface area contributed by atoms with Gasteiger partial charge >= 0.3 is 6.09 Å². The van der Waals surface area contributed by atoms with Crippen molar-refractivity contribution < 1.29 is 24.3 Å². The second kappa shape index (κ2) is 5.56. The summed E-state index contributed by atoms with van der Waals surface area (Å²) in [6.07, 6.45) is -0.331. The van der Waals surface area contributed by atoms with Crippen LogP contribution in [-0.4, -0.2) is 54.8 Å². The van der Waals surface area contributed by atoms with Gasteiger partial charge in [0, 0.05) is 0 Å². The first-order chi connectivity index (χ1) is 8.20. The molecule has 0 aromatic rings. The van der Waals surface area contributed by atoms with E-state index in [1.54, 1.807) is 11.8 Å². The highest BCUT2D eigenvalue weighted by atomic mass is 16.6. The first kappa shape index (κ1) is 14.8. The van der Waals surface area contributed by atoms with Crippen molar-refractivity contribution in [3.05, 3.63) is 0 Å². The van der Waals surface area contributed by atoms with Gasteiger partial charge in [-0.2, -0.15) is 0 Å². The molecule has 0 radical (unpaired) electrons. The zero-order valence-electron chi connectivity index (χ0n) is 11.5. The molecule has 1 heterocycles. The van der Waals surface area contributed by atoms with Gasteiger partial charge in [-0.05, 0) is 27.7 Å². The van der Waals surface area contributed by atoms with Gasteiger partial charge in [0.15, 0.2) is 0 Å². The van der Waals surface area contributed by atoms with Crippen LogP contribution in [0.5, 0.6) is 0 Å². The van der Waals surface area contributed by atoms with Crippen molar-refractivity contribution in [3.63, 3.8) is 0 Å². The Bertz CT molecular complexity index is 317. The highest BCUT2D eigenvalue weighted by Gasteiger charge is 2.30. The summed E-state index contributed by atoms with van der Waals surface area (Å²) in [5, 5.41) is 10.8. The SMILES string of the molecule is C[C@H](C(=O)[O-])[NH+]1CCN(C(=O)OC(C)(C)C)CC1. The van der Waals surface area contributed by atoms with E-state index in [1.807, 2.05) is 20.8 Å². The van der Waals surface area contributed by atoms with Crippen LogP contribution < -0.4 is 10.0 Å². The summed E-state index contributed by atoms with van der Waals surface area (Å²) in [6.45, 7) is 9.35. The molecule has 1 rings (SSSR count). The maximum atomic E-state index is 11.8. The monoisotopic (exact) mass is 258 g/mol. The van der Waals surface area contributed by atoms with Crippen LogP contribution in [-0.2, 0) is 9.53 Å². The molecule has 0 aromatic carbocycles. The van der Waals surface area contributed by atoms with E-state index in [0.29, 0.717) is 26.2 Å². The molecule has 1 aliphatic rings. The van der Waals surface area contributed by atoms with E-state index in [4.69, 9.17) is 4.74 Å². The van der Waals surface area contributed by atoms with Gasteiger partial charge in [-0.3, -0.25) is 4.90 Å². The molecule has 1 N–H and O–H groups in total. The van der Waals surface area contributed by atoms with E-state index < -0.39 is 17.6 Å². The minimum Gasteiger partial charge on any atom is -0.544 e. The normalized spacial score (nSPS) is 19.4. The van der Waals surface area contributed by atoms with Crippen LogP contribution in [0.25, 0.3) is 0 Å². The van der Waals surface area contributed by atoms with Gasteiger partial charge in [-0.15, -0.1) is 0 Å². The van der Waals surface area contributed by atoms with Crippen LogP contribution in [0.1, 0.15) is 27.7 Å². The van der Waals surface area contributed by atoms with E-state index in [0.717, 1.165) is 4.90 Å². The fourth-order valence-electron chi connectivity index (χ4n) is 1.90. The molecule has 1 atom stereocenters. The Morgan fingerprint density at radius 1 is 1.28 bits per heavy atom. The van der Waals surface area contributed by atoms with Gasteiger partial charge in [0.1, 0.15) is 11.6 Å². The zero-order valence-corrected chi connectivity index (χ0v) is 11.5. The summed E-state index contributed by atoms with van der Waals surface area (Å²) < 4.78 is 5.27. The molecule has 1 aliphatic heterocycles. The predicted molar refractivity (Wildman–Crippen MR) is 63.0 cm³/mol. The Morgan fingerprint density at radius 3 is 2.17 bits per heavy atom. The summed E-state index contributed by atoms with van der Waals surface area (Å²) in [5.41, 5.74) is -0.501. The van der Waals surface area contributed by atoms with Crippen LogP contribution in [0.15, 0.2) is 0 Å². The van der Waals surface area contributed by atoms with E-state index in [9.17, 15) is 14.7 Å². The molecule has 18 heavy (non-hydrogen) atoms. The number of piperazine rings is 1. The third-order valence-electron chi connectivity index (χ3n) is 3.02. The second-order valence-electron chi connectivity index (χ2n) is 5.67. The average molecular weight is 258 g/mol. The minimum atomic E-state index is -1.05. The van der Waals surface area contributed by atoms with E-state index in [-0.39, 0.29) is 6.09 Å². The lowest BCUT2D eigenvalue weighted by Crippen LogP contribution is -3.19. The Kier molecular flexibility index (Phi) is 4.56. The molecule has 6 nitrogen and oxygen atoms in total. The fourth-order valence-corrected chi connectivity index (χ4v) is 1.90.